The average molecular weight is 619 g/mol. The van der Waals surface area contributed by atoms with E-state index in [9.17, 15) is 32.3 Å². The van der Waals surface area contributed by atoms with E-state index in [-0.39, 0.29) is 35.4 Å². The molecular weight excluding hydrogens is 589 g/mol. The van der Waals surface area contributed by atoms with Gasteiger partial charge in [-0.1, -0.05) is 36.4 Å². The topological polar surface area (TPSA) is 102 Å². The van der Waals surface area contributed by atoms with E-state index >= 15 is 0 Å². The van der Waals surface area contributed by atoms with Crippen LogP contribution in [0.2, 0.25) is 0 Å². The number of amides is 2. The number of benzene rings is 4. The lowest BCUT2D eigenvalue weighted by atomic mass is 9.97. The van der Waals surface area contributed by atoms with Crippen LogP contribution in [0.4, 0.5) is 18.9 Å². The molecule has 45 heavy (non-hydrogen) atoms. The fourth-order valence-electron chi connectivity index (χ4n) is 4.44. The van der Waals surface area contributed by atoms with Gasteiger partial charge in [0.1, 0.15) is 5.75 Å². The van der Waals surface area contributed by atoms with Crippen LogP contribution >= 0.6 is 0 Å². The fraction of sp³-hybridized carbons (Fsp3) is 0.176. The van der Waals surface area contributed by atoms with Gasteiger partial charge in [-0.2, -0.15) is 13.2 Å². The molecule has 0 unspecified atom stereocenters. The third kappa shape index (κ3) is 8.14. The summed E-state index contributed by atoms with van der Waals surface area (Å²) >= 11 is 0. The highest BCUT2D eigenvalue weighted by molar-refractivity contribution is 6.11. The lowest BCUT2D eigenvalue weighted by Crippen LogP contribution is -2.24. The van der Waals surface area contributed by atoms with Crippen LogP contribution in [-0.2, 0) is 22.1 Å². The normalized spacial score (nSPS) is 11.0. The van der Waals surface area contributed by atoms with E-state index in [0.29, 0.717) is 22.3 Å². The summed E-state index contributed by atoms with van der Waals surface area (Å²) in [6.07, 6.45) is -4.27. The number of carbonyl (C=O) groups excluding carboxylic acids is 4. The zero-order valence-corrected chi connectivity index (χ0v) is 24.6. The van der Waals surface area contributed by atoms with Gasteiger partial charge in [-0.05, 0) is 77.7 Å². The Hall–Kier alpha value is -5.45. The molecule has 0 saturated carbocycles. The molecule has 4 aromatic carbocycles. The Kier molecular flexibility index (Phi) is 10.0. The van der Waals surface area contributed by atoms with Crippen LogP contribution in [0.25, 0.3) is 11.1 Å². The van der Waals surface area contributed by atoms with Gasteiger partial charge in [0.15, 0.2) is 0 Å². The summed E-state index contributed by atoms with van der Waals surface area (Å²) in [4.78, 5) is 51.9. The molecule has 2 amide bonds. The smallest absolute Gasteiger partial charge is 0.416 e. The average Bonchev–Trinajstić information content (AvgIpc) is 3.03. The Balaban J connectivity index is 1.50. The SMILES string of the molecule is COC(=O)c1ccc(OC(=O)CCc2ccc(NC(=O)c3ccccc3-c3ccc(C(F)(F)F)cc3)c(C(=O)N(C)C)c2)cc1. The van der Waals surface area contributed by atoms with Crippen molar-refractivity contribution >= 4 is 29.4 Å². The van der Waals surface area contributed by atoms with Crippen LogP contribution in [0.15, 0.2) is 91.0 Å². The summed E-state index contributed by atoms with van der Waals surface area (Å²) in [6.45, 7) is 0. The van der Waals surface area contributed by atoms with Gasteiger partial charge in [-0.15, -0.1) is 0 Å². The van der Waals surface area contributed by atoms with Crippen LogP contribution in [0.3, 0.4) is 0 Å². The van der Waals surface area contributed by atoms with Crippen molar-refractivity contribution in [1.82, 2.24) is 4.90 Å². The number of methoxy groups -OCH3 is 1. The molecule has 0 aromatic heterocycles. The zero-order chi connectivity index (χ0) is 32.7. The molecule has 4 rings (SSSR count). The number of ether oxygens (including phenoxy) is 2. The summed E-state index contributed by atoms with van der Waals surface area (Å²) in [5, 5.41) is 2.76. The Labute approximate surface area is 257 Å². The Morgan fingerprint density at radius 1 is 0.822 bits per heavy atom. The maximum Gasteiger partial charge on any atom is 0.416 e. The first kappa shape index (κ1) is 32.5. The van der Waals surface area contributed by atoms with Gasteiger partial charge < -0.3 is 19.7 Å². The Morgan fingerprint density at radius 2 is 1.49 bits per heavy atom. The second-order valence-corrected chi connectivity index (χ2v) is 10.1. The van der Waals surface area contributed by atoms with Crippen LogP contribution in [0, 0.1) is 0 Å². The minimum absolute atomic E-state index is 0.0133. The number of halogens is 3. The first-order valence-corrected chi connectivity index (χ1v) is 13.7. The number of anilines is 1. The Bertz CT molecular complexity index is 1720. The van der Waals surface area contributed by atoms with Crippen LogP contribution in [-0.4, -0.2) is 49.9 Å². The van der Waals surface area contributed by atoms with Crippen molar-refractivity contribution in [2.75, 3.05) is 26.5 Å². The van der Waals surface area contributed by atoms with Crippen molar-refractivity contribution in [1.29, 1.82) is 0 Å². The van der Waals surface area contributed by atoms with Crippen molar-refractivity contribution < 1.29 is 41.8 Å². The van der Waals surface area contributed by atoms with Gasteiger partial charge in [0.05, 0.1) is 29.5 Å². The van der Waals surface area contributed by atoms with Crippen molar-refractivity contribution in [3.8, 4) is 16.9 Å². The maximum absolute atomic E-state index is 13.4. The van der Waals surface area contributed by atoms with Crippen LogP contribution < -0.4 is 10.1 Å². The monoisotopic (exact) mass is 618 g/mol. The summed E-state index contributed by atoms with van der Waals surface area (Å²) < 4.78 is 49.1. The van der Waals surface area contributed by atoms with Crippen molar-refractivity contribution in [3.05, 3.63) is 119 Å². The highest BCUT2D eigenvalue weighted by Crippen LogP contribution is 2.32. The quantitative estimate of drug-likeness (QED) is 0.167. The number of carbonyl (C=O) groups is 4. The highest BCUT2D eigenvalue weighted by atomic mass is 19.4. The first-order chi connectivity index (χ1) is 21.4. The number of esters is 2. The highest BCUT2D eigenvalue weighted by Gasteiger charge is 2.30. The fourth-order valence-corrected chi connectivity index (χ4v) is 4.44. The van der Waals surface area contributed by atoms with Gasteiger partial charge in [0, 0.05) is 26.1 Å². The molecule has 0 atom stereocenters. The number of aryl methyl sites for hydroxylation is 1. The van der Waals surface area contributed by atoms with Crippen molar-refractivity contribution in [2.24, 2.45) is 0 Å². The number of alkyl halides is 3. The van der Waals surface area contributed by atoms with Crippen LogP contribution in [0.5, 0.6) is 5.75 Å². The molecule has 0 aliphatic rings. The lowest BCUT2D eigenvalue weighted by molar-refractivity contribution is -0.137. The molecule has 0 bridgehead atoms. The third-order valence-corrected chi connectivity index (χ3v) is 6.79. The van der Waals surface area contributed by atoms with E-state index in [2.05, 4.69) is 10.1 Å². The molecule has 0 heterocycles. The molecule has 11 heteroatoms. The third-order valence-electron chi connectivity index (χ3n) is 6.79. The summed E-state index contributed by atoms with van der Waals surface area (Å²) in [5.41, 5.74) is 1.59. The van der Waals surface area contributed by atoms with Gasteiger partial charge in [0.25, 0.3) is 11.8 Å². The van der Waals surface area contributed by atoms with Gasteiger partial charge in [0.2, 0.25) is 0 Å². The number of nitrogens with zero attached hydrogens (tertiary/aromatic N) is 1. The molecule has 8 nitrogen and oxygen atoms in total. The molecule has 0 fully saturated rings. The molecular formula is C34H29F3N2O6. The molecule has 1 N–H and O–H groups in total. The largest absolute Gasteiger partial charge is 0.465 e. The van der Waals surface area contributed by atoms with E-state index < -0.39 is 35.5 Å². The molecule has 0 radical (unpaired) electrons. The first-order valence-electron chi connectivity index (χ1n) is 13.7. The van der Waals surface area contributed by atoms with E-state index in [1.54, 1.807) is 56.6 Å². The molecule has 0 saturated heterocycles. The Morgan fingerprint density at radius 3 is 2.11 bits per heavy atom. The summed E-state index contributed by atoms with van der Waals surface area (Å²) in [7, 11) is 4.38. The van der Waals surface area contributed by atoms with E-state index in [1.165, 1.54) is 48.4 Å². The molecule has 0 spiro atoms. The van der Waals surface area contributed by atoms with Crippen molar-refractivity contribution in [2.45, 2.75) is 19.0 Å². The number of hydrogen-bond acceptors (Lipinski definition) is 6. The van der Waals surface area contributed by atoms with Gasteiger partial charge >= 0.3 is 18.1 Å². The standard InChI is InChI=1S/C34H29F3N2O6/c1-39(2)32(42)28-20-21(9-19-30(40)45-25-16-12-23(13-17-25)33(43)44-3)8-18-29(28)38-31(41)27-7-5-4-6-26(27)22-10-14-24(15-11-22)34(35,36)37/h4-8,10-18,20H,9,19H2,1-3H3,(H,38,41). The summed E-state index contributed by atoms with van der Waals surface area (Å²) in [6, 6.07) is 21.7. The lowest BCUT2D eigenvalue weighted by Gasteiger charge is -2.17. The minimum atomic E-state index is -4.49. The molecule has 232 valence electrons. The second-order valence-electron chi connectivity index (χ2n) is 10.1. The van der Waals surface area contributed by atoms with Gasteiger partial charge in [-0.25, -0.2) is 4.79 Å². The molecule has 0 aliphatic carbocycles. The zero-order valence-electron chi connectivity index (χ0n) is 24.6. The second kappa shape index (κ2) is 13.9. The van der Waals surface area contributed by atoms with E-state index in [1.807, 2.05) is 0 Å². The summed E-state index contributed by atoms with van der Waals surface area (Å²) in [5.74, 6) is -1.74. The van der Waals surface area contributed by atoms with Crippen molar-refractivity contribution in [3.63, 3.8) is 0 Å². The van der Waals surface area contributed by atoms with Gasteiger partial charge in [-0.3, -0.25) is 14.4 Å². The molecule has 4 aromatic rings. The number of hydrogen-bond donors (Lipinski definition) is 1. The molecule has 0 aliphatic heterocycles. The van der Waals surface area contributed by atoms with E-state index in [0.717, 1.165) is 12.1 Å². The number of rotatable bonds is 9. The van der Waals surface area contributed by atoms with E-state index in [4.69, 9.17) is 4.74 Å². The van der Waals surface area contributed by atoms with Crippen LogP contribution in [0.1, 0.15) is 48.6 Å². The predicted octanol–water partition coefficient (Wildman–Crippen LogP) is 6.65. The number of nitrogens with one attached hydrogen (secondary N) is 1. The maximum atomic E-state index is 13.4. The predicted molar refractivity (Wildman–Crippen MR) is 161 cm³/mol. The minimum Gasteiger partial charge on any atom is -0.465 e.